The number of nitrogens with zero attached hydrogens (tertiary/aromatic N) is 3. The molecule has 0 bridgehead atoms. The Kier molecular flexibility index (Phi) is 5.60. The average molecular weight is 497 g/mol. The van der Waals surface area contributed by atoms with E-state index in [1.807, 2.05) is 36.4 Å². The fourth-order valence-corrected chi connectivity index (χ4v) is 4.62. The summed E-state index contributed by atoms with van der Waals surface area (Å²) >= 11 is 0. The third kappa shape index (κ3) is 4.40. The van der Waals surface area contributed by atoms with Gasteiger partial charge in [0, 0.05) is 12.1 Å². The lowest BCUT2D eigenvalue weighted by Crippen LogP contribution is -2.29. The largest absolute Gasteiger partial charge is 0.478 e. The summed E-state index contributed by atoms with van der Waals surface area (Å²) in [5.41, 5.74) is 4.67. The van der Waals surface area contributed by atoms with Crippen molar-refractivity contribution in [3.05, 3.63) is 88.4 Å². The number of carboxylic acid groups (broad SMARTS) is 1. The number of carbonyl (C=O) groups is 1. The van der Waals surface area contributed by atoms with Crippen molar-refractivity contribution in [2.75, 3.05) is 11.4 Å². The number of hydrogen-bond acceptors (Lipinski definition) is 7. The van der Waals surface area contributed by atoms with Crippen molar-refractivity contribution in [1.82, 2.24) is 15.1 Å². The number of carboxylic acids is 1. The minimum absolute atomic E-state index is 0.0573. The topological polar surface area (TPSA) is 125 Å². The highest BCUT2D eigenvalue weighted by molar-refractivity contribution is 6.00. The van der Waals surface area contributed by atoms with E-state index in [9.17, 15) is 14.7 Å². The summed E-state index contributed by atoms with van der Waals surface area (Å²) in [5.74, 6) is -0.685. The molecule has 2 heterocycles. The molecular formula is C28H24N4O5. The number of benzene rings is 3. The molecule has 0 aliphatic heterocycles. The van der Waals surface area contributed by atoms with Crippen LogP contribution in [0.1, 0.15) is 41.7 Å². The van der Waals surface area contributed by atoms with Gasteiger partial charge in [0.25, 0.3) is 6.01 Å². The molecule has 1 saturated carbocycles. The van der Waals surface area contributed by atoms with Gasteiger partial charge in [-0.3, -0.25) is 9.51 Å². The second-order valence-corrected chi connectivity index (χ2v) is 9.34. The monoisotopic (exact) mass is 496 g/mol. The van der Waals surface area contributed by atoms with Crippen LogP contribution in [0.15, 0.2) is 80.5 Å². The third-order valence-electron chi connectivity index (χ3n) is 6.83. The Morgan fingerprint density at radius 1 is 1.08 bits per heavy atom. The number of H-pyrrole nitrogens is 1. The molecule has 1 aliphatic carbocycles. The van der Waals surface area contributed by atoms with Gasteiger partial charge in [-0.05, 0) is 54.5 Å². The van der Waals surface area contributed by atoms with E-state index < -0.39 is 11.7 Å². The standard InChI is InChI=1S/C28H24N4O5/c1-16(32(15-17-9-10-17)27-29-24-22(26(33)34)7-4-8-23(24)36-27)18-11-13-19(14-12-18)20-5-2-3-6-21(20)25-30-28(35)37-31-25/h2-8,11-14,16-17H,9-10,15H2,1H3,(H,33,34)(H,30,31,35)/t16-/m1/s1. The SMILES string of the molecule is C[C@H](c1ccc(-c2ccccc2-c2noc(=O)[nH]2)cc1)N(CC1CC1)c1nc2c(C(=O)O)cccc2o1. The second kappa shape index (κ2) is 9.09. The summed E-state index contributed by atoms with van der Waals surface area (Å²) in [4.78, 5) is 32.5. The molecular weight excluding hydrogens is 472 g/mol. The number of aromatic nitrogens is 3. The molecule has 0 spiro atoms. The smallest absolute Gasteiger partial charge is 0.439 e. The van der Waals surface area contributed by atoms with Crippen LogP contribution in [0.2, 0.25) is 0 Å². The van der Waals surface area contributed by atoms with E-state index in [-0.39, 0.29) is 11.6 Å². The molecule has 37 heavy (non-hydrogen) atoms. The van der Waals surface area contributed by atoms with Crippen LogP contribution in [0, 0.1) is 5.92 Å². The van der Waals surface area contributed by atoms with Crippen LogP contribution in [-0.4, -0.2) is 32.7 Å². The summed E-state index contributed by atoms with van der Waals surface area (Å²) in [6.07, 6.45) is 2.31. The van der Waals surface area contributed by atoms with Crippen molar-refractivity contribution >= 4 is 23.1 Å². The molecule has 0 radical (unpaired) electrons. The fraction of sp³-hybridized carbons (Fsp3) is 0.214. The van der Waals surface area contributed by atoms with Crippen LogP contribution in [0.5, 0.6) is 0 Å². The Morgan fingerprint density at radius 2 is 1.84 bits per heavy atom. The average Bonchev–Trinajstić information content (AvgIpc) is 3.46. The van der Waals surface area contributed by atoms with Gasteiger partial charge in [0.05, 0.1) is 11.6 Å². The van der Waals surface area contributed by atoms with Gasteiger partial charge in [0.1, 0.15) is 5.52 Å². The summed E-state index contributed by atoms with van der Waals surface area (Å²) in [6.45, 7) is 2.87. The van der Waals surface area contributed by atoms with E-state index in [1.54, 1.807) is 12.1 Å². The number of anilines is 1. The molecule has 6 rings (SSSR count). The van der Waals surface area contributed by atoms with E-state index >= 15 is 0 Å². The van der Waals surface area contributed by atoms with Crippen molar-refractivity contribution in [3.8, 4) is 22.5 Å². The molecule has 0 unspecified atom stereocenters. The number of aromatic carboxylic acids is 1. The predicted molar refractivity (Wildman–Crippen MR) is 137 cm³/mol. The fourth-order valence-electron chi connectivity index (χ4n) is 4.62. The van der Waals surface area contributed by atoms with Gasteiger partial charge in [-0.1, -0.05) is 59.8 Å². The first kappa shape index (κ1) is 22.8. The predicted octanol–water partition coefficient (Wildman–Crippen LogP) is 5.51. The molecule has 1 atom stereocenters. The number of hydrogen-bond donors (Lipinski definition) is 2. The minimum Gasteiger partial charge on any atom is -0.478 e. The third-order valence-corrected chi connectivity index (χ3v) is 6.83. The molecule has 5 aromatic rings. The van der Waals surface area contributed by atoms with Gasteiger partial charge in [0.15, 0.2) is 11.4 Å². The zero-order chi connectivity index (χ0) is 25.5. The quantitative estimate of drug-likeness (QED) is 0.288. The highest BCUT2D eigenvalue weighted by Gasteiger charge is 2.30. The van der Waals surface area contributed by atoms with Gasteiger partial charge < -0.3 is 14.4 Å². The zero-order valence-electron chi connectivity index (χ0n) is 20.0. The maximum atomic E-state index is 11.7. The number of rotatable bonds is 8. The molecule has 9 nitrogen and oxygen atoms in total. The van der Waals surface area contributed by atoms with Gasteiger partial charge in [-0.25, -0.2) is 9.59 Å². The van der Waals surface area contributed by atoms with Crippen LogP contribution >= 0.6 is 0 Å². The van der Waals surface area contributed by atoms with Crippen molar-refractivity contribution in [1.29, 1.82) is 0 Å². The van der Waals surface area contributed by atoms with Crippen molar-refractivity contribution in [2.45, 2.75) is 25.8 Å². The first-order valence-corrected chi connectivity index (χ1v) is 12.1. The van der Waals surface area contributed by atoms with Crippen LogP contribution in [0.4, 0.5) is 6.01 Å². The Morgan fingerprint density at radius 3 is 2.51 bits per heavy atom. The van der Waals surface area contributed by atoms with Crippen molar-refractivity contribution in [3.63, 3.8) is 0 Å². The van der Waals surface area contributed by atoms with E-state index in [0.717, 1.165) is 41.6 Å². The molecule has 2 N–H and O–H groups in total. The number of aromatic amines is 1. The van der Waals surface area contributed by atoms with Crippen molar-refractivity contribution in [2.24, 2.45) is 5.92 Å². The molecule has 1 fully saturated rings. The Balaban J connectivity index is 1.33. The Labute approximate surface area is 211 Å². The minimum atomic E-state index is -1.03. The molecule has 9 heteroatoms. The summed E-state index contributed by atoms with van der Waals surface area (Å²) < 4.78 is 10.8. The normalized spacial score (nSPS) is 14.1. The first-order chi connectivity index (χ1) is 18.0. The van der Waals surface area contributed by atoms with Crippen LogP contribution in [0.25, 0.3) is 33.6 Å². The number of para-hydroxylation sites is 1. The summed E-state index contributed by atoms with van der Waals surface area (Å²) in [6, 6.07) is 21.2. The molecule has 1 aliphatic rings. The van der Waals surface area contributed by atoms with Gasteiger partial charge >= 0.3 is 11.7 Å². The highest BCUT2D eigenvalue weighted by Crippen LogP contribution is 2.37. The van der Waals surface area contributed by atoms with E-state index in [2.05, 4.69) is 39.1 Å². The van der Waals surface area contributed by atoms with Gasteiger partial charge in [-0.2, -0.15) is 4.98 Å². The zero-order valence-corrected chi connectivity index (χ0v) is 20.0. The maximum absolute atomic E-state index is 11.7. The molecule has 0 saturated heterocycles. The molecule has 186 valence electrons. The van der Waals surface area contributed by atoms with E-state index in [1.165, 1.54) is 6.07 Å². The second-order valence-electron chi connectivity index (χ2n) is 9.34. The molecule has 2 aromatic heterocycles. The van der Waals surface area contributed by atoms with Crippen LogP contribution in [0.3, 0.4) is 0 Å². The molecule has 0 amide bonds. The summed E-state index contributed by atoms with van der Waals surface area (Å²) in [7, 11) is 0. The highest BCUT2D eigenvalue weighted by atomic mass is 16.5. The lowest BCUT2D eigenvalue weighted by atomic mass is 9.97. The maximum Gasteiger partial charge on any atom is 0.439 e. The van der Waals surface area contributed by atoms with Gasteiger partial charge in [-0.15, -0.1) is 0 Å². The number of oxazole rings is 1. The van der Waals surface area contributed by atoms with E-state index in [4.69, 9.17) is 8.94 Å². The van der Waals surface area contributed by atoms with Gasteiger partial charge in [0.2, 0.25) is 0 Å². The first-order valence-electron chi connectivity index (χ1n) is 12.1. The Bertz CT molecular complexity index is 1650. The van der Waals surface area contributed by atoms with Crippen LogP contribution < -0.4 is 10.7 Å². The number of fused-ring (bicyclic) bond motifs is 1. The summed E-state index contributed by atoms with van der Waals surface area (Å²) in [5, 5.41) is 13.4. The molecule has 3 aromatic carbocycles. The lowest BCUT2D eigenvalue weighted by molar-refractivity contribution is 0.0699. The van der Waals surface area contributed by atoms with E-state index in [0.29, 0.717) is 28.9 Å². The Hall–Kier alpha value is -4.66. The number of nitrogens with one attached hydrogen (secondary N) is 1. The van der Waals surface area contributed by atoms with Crippen molar-refractivity contribution < 1.29 is 18.8 Å². The lowest BCUT2D eigenvalue weighted by Gasteiger charge is -2.28. The van der Waals surface area contributed by atoms with Crippen LogP contribution in [-0.2, 0) is 0 Å².